The monoisotopic (exact) mass is 269 g/mol. The first-order valence-electron chi connectivity index (χ1n) is 6.12. The summed E-state index contributed by atoms with van der Waals surface area (Å²) in [7, 11) is 2.06. The zero-order valence-electron chi connectivity index (χ0n) is 10.7. The van der Waals surface area contributed by atoms with Gasteiger partial charge in [-0.15, -0.1) is 11.3 Å². The first-order chi connectivity index (χ1) is 9.25. The van der Waals surface area contributed by atoms with Crippen LogP contribution in [-0.4, -0.2) is 12.0 Å². The van der Waals surface area contributed by atoms with E-state index in [1.54, 1.807) is 17.5 Å². The Morgan fingerprint density at radius 1 is 1.21 bits per heavy atom. The van der Waals surface area contributed by atoms with Crippen LogP contribution in [0, 0.1) is 0 Å². The molecule has 2 heterocycles. The molecule has 0 aliphatic heterocycles. The smallest absolute Gasteiger partial charge is 0.0724 e. The fourth-order valence-corrected chi connectivity index (χ4v) is 2.98. The maximum atomic E-state index is 6.27. The molecule has 0 bridgehead atoms. The highest BCUT2D eigenvalue weighted by Gasteiger charge is 2.09. The van der Waals surface area contributed by atoms with Crippen molar-refractivity contribution < 1.29 is 0 Å². The van der Waals surface area contributed by atoms with Gasteiger partial charge in [-0.2, -0.15) is 0 Å². The summed E-state index contributed by atoms with van der Waals surface area (Å²) in [5, 5.41) is 3.11. The molecule has 4 heteroatoms. The second-order valence-corrected chi connectivity index (χ2v) is 5.54. The van der Waals surface area contributed by atoms with Crippen LogP contribution in [0.1, 0.15) is 4.88 Å². The van der Waals surface area contributed by atoms with Gasteiger partial charge in [-0.3, -0.25) is 4.98 Å². The van der Waals surface area contributed by atoms with E-state index in [1.165, 1.54) is 4.88 Å². The van der Waals surface area contributed by atoms with Gasteiger partial charge in [-0.1, -0.05) is 6.07 Å². The van der Waals surface area contributed by atoms with E-state index in [1.807, 2.05) is 24.3 Å². The fourth-order valence-electron chi connectivity index (χ4n) is 2.22. The van der Waals surface area contributed by atoms with E-state index >= 15 is 0 Å². The molecular weight excluding hydrogens is 254 g/mol. The second-order valence-electron chi connectivity index (χ2n) is 4.50. The van der Waals surface area contributed by atoms with Gasteiger partial charge in [-0.05, 0) is 35.7 Å². The van der Waals surface area contributed by atoms with Crippen molar-refractivity contribution in [3.63, 3.8) is 0 Å². The third kappa shape index (κ3) is 2.27. The number of hydrogen-bond donors (Lipinski definition) is 1. The number of nitrogen functional groups attached to an aromatic ring is 1. The molecule has 2 N–H and O–H groups in total. The van der Waals surface area contributed by atoms with E-state index in [2.05, 4.69) is 34.4 Å². The molecule has 0 aliphatic carbocycles. The minimum atomic E-state index is 0.796. The zero-order chi connectivity index (χ0) is 13.2. The van der Waals surface area contributed by atoms with E-state index in [0.717, 1.165) is 28.8 Å². The lowest BCUT2D eigenvalue weighted by Crippen LogP contribution is -2.17. The summed E-state index contributed by atoms with van der Waals surface area (Å²) in [6.45, 7) is 0.869. The minimum Gasteiger partial charge on any atom is -0.396 e. The Kier molecular flexibility index (Phi) is 3.09. The highest BCUT2D eigenvalue weighted by Crippen LogP contribution is 2.30. The van der Waals surface area contributed by atoms with Crippen molar-refractivity contribution in [3.05, 3.63) is 52.9 Å². The molecule has 0 unspecified atom stereocenters. The van der Waals surface area contributed by atoms with Crippen molar-refractivity contribution in [3.8, 4) is 0 Å². The van der Waals surface area contributed by atoms with Gasteiger partial charge in [0.25, 0.3) is 0 Å². The Balaban J connectivity index is 1.98. The normalized spacial score (nSPS) is 10.8. The lowest BCUT2D eigenvalue weighted by atomic mass is 10.1. The molecule has 0 aliphatic rings. The maximum absolute atomic E-state index is 6.27. The number of nitrogens with two attached hydrogens (primary N) is 1. The number of thiophene rings is 1. The van der Waals surface area contributed by atoms with E-state index in [0.29, 0.717) is 0 Å². The van der Waals surface area contributed by atoms with Gasteiger partial charge >= 0.3 is 0 Å². The Labute approximate surface area is 116 Å². The molecule has 0 amide bonds. The molecule has 3 aromatic rings. The quantitative estimate of drug-likeness (QED) is 0.740. The van der Waals surface area contributed by atoms with E-state index in [4.69, 9.17) is 5.73 Å². The Hall–Kier alpha value is -2.07. The Morgan fingerprint density at radius 2 is 2.11 bits per heavy atom. The van der Waals surface area contributed by atoms with Gasteiger partial charge < -0.3 is 10.6 Å². The SMILES string of the molecule is CN(Cc1cccs1)c1ccc2ncccc2c1N. The van der Waals surface area contributed by atoms with Crippen LogP contribution in [0.3, 0.4) is 0 Å². The van der Waals surface area contributed by atoms with E-state index in [9.17, 15) is 0 Å². The van der Waals surface area contributed by atoms with Crippen molar-refractivity contribution >= 4 is 33.6 Å². The van der Waals surface area contributed by atoms with Crippen molar-refractivity contribution in [2.24, 2.45) is 0 Å². The topological polar surface area (TPSA) is 42.2 Å². The van der Waals surface area contributed by atoms with Crippen LogP contribution in [0.5, 0.6) is 0 Å². The zero-order valence-corrected chi connectivity index (χ0v) is 11.5. The standard InChI is InChI=1S/C15H15N3S/c1-18(10-11-4-3-9-19-11)14-7-6-13-12(15(14)16)5-2-8-17-13/h2-9H,10,16H2,1H3. The van der Waals surface area contributed by atoms with Crippen molar-refractivity contribution in [1.29, 1.82) is 0 Å². The summed E-state index contributed by atoms with van der Waals surface area (Å²) < 4.78 is 0. The number of fused-ring (bicyclic) bond motifs is 1. The summed E-state index contributed by atoms with van der Waals surface area (Å²) in [6.07, 6.45) is 1.79. The van der Waals surface area contributed by atoms with Crippen molar-refractivity contribution in [2.75, 3.05) is 17.7 Å². The summed E-state index contributed by atoms with van der Waals surface area (Å²) in [6, 6.07) is 12.2. The molecule has 0 fully saturated rings. The van der Waals surface area contributed by atoms with Crippen LogP contribution in [0.2, 0.25) is 0 Å². The lowest BCUT2D eigenvalue weighted by Gasteiger charge is -2.21. The van der Waals surface area contributed by atoms with Gasteiger partial charge in [-0.25, -0.2) is 0 Å². The van der Waals surface area contributed by atoms with Crippen LogP contribution in [-0.2, 0) is 6.54 Å². The lowest BCUT2D eigenvalue weighted by molar-refractivity contribution is 0.943. The van der Waals surface area contributed by atoms with Crippen LogP contribution < -0.4 is 10.6 Å². The first kappa shape index (κ1) is 12.0. The van der Waals surface area contributed by atoms with Crippen LogP contribution in [0.15, 0.2) is 48.0 Å². The van der Waals surface area contributed by atoms with Crippen LogP contribution >= 0.6 is 11.3 Å². The number of aromatic nitrogens is 1. The molecule has 0 saturated carbocycles. The third-order valence-electron chi connectivity index (χ3n) is 3.19. The van der Waals surface area contributed by atoms with Gasteiger partial charge in [0.15, 0.2) is 0 Å². The Bertz CT molecular complexity index is 692. The molecule has 0 saturated heterocycles. The van der Waals surface area contributed by atoms with Crippen molar-refractivity contribution in [1.82, 2.24) is 4.98 Å². The molecular formula is C15H15N3S. The van der Waals surface area contributed by atoms with Gasteiger partial charge in [0.2, 0.25) is 0 Å². The van der Waals surface area contributed by atoms with E-state index < -0.39 is 0 Å². The van der Waals surface area contributed by atoms with Gasteiger partial charge in [0.1, 0.15) is 0 Å². The molecule has 96 valence electrons. The maximum Gasteiger partial charge on any atom is 0.0724 e. The number of pyridine rings is 1. The minimum absolute atomic E-state index is 0.796. The van der Waals surface area contributed by atoms with E-state index in [-0.39, 0.29) is 0 Å². The third-order valence-corrected chi connectivity index (χ3v) is 4.05. The number of benzene rings is 1. The predicted molar refractivity (Wildman–Crippen MR) is 82.6 cm³/mol. The molecule has 19 heavy (non-hydrogen) atoms. The average Bonchev–Trinajstić information content (AvgIpc) is 2.92. The van der Waals surface area contributed by atoms with Crippen molar-refractivity contribution in [2.45, 2.75) is 6.54 Å². The van der Waals surface area contributed by atoms with Gasteiger partial charge in [0.05, 0.1) is 23.4 Å². The molecule has 0 radical (unpaired) electrons. The fraction of sp³-hybridized carbons (Fsp3) is 0.133. The molecule has 3 nitrogen and oxygen atoms in total. The highest BCUT2D eigenvalue weighted by atomic mass is 32.1. The molecule has 1 aromatic carbocycles. The summed E-state index contributed by atoms with van der Waals surface area (Å²) >= 11 is 1.76. The largest absolute Gasteiger partial charge is 0.396 e. The van der Waals surface area contributed by atoms with Gasteiger partial charge in [0, 0.05) is 23.5 Å². The highest BCUT2D eigenvalue weighted by molar-refractivity contribution is 7.09. The molecule has 3 rings (SSSR count). The summed E-state index contributed by atoms with van der Waals surface area (Å²) in [5.41, 5.74) is 9.05. The number of nitrogens with zero attached hydrogens (tertiary/aromatic N) is 2. The molecule has 0 atom stereocenters. The number of anilines is 2. The summed E-state index contributed by atoms with van der Waals surface area (Å²) in [5.74, 6) is 0. The number of rotatable bonds is 3. The second kappa shape index (κ2) is 4.90. The average molecular weight is 269 g/mol. The number of hydrogen-bond acceptors (Lipinski definition) is 4. The Morgan fingerprint density at radius 3 is 2.89 bits per heavy atom. The molecule has 0 spiro atoms. The summed E-state index contributed by atoms with van der Waals surface area (Å²) in [4.78, 5) is 7.82. The first-order valence-corrected chi connectivity index (χ1v) is 7.00. The molecule has 2 aromatic heterocycles. The van der Waals surface area contributed by atoms with Crippen LogP contribution in [0.25, 0.3) is 10.9 Å². The van der Waals surface area contributed by atoms with Crippen LogP contribution in [0.4, 0.5) is 11.4 Å². The predicted octanol–water partition coefficient (Wildman–Crippen LogP) is 3.51.